The van der Waals surface area contributed by atoms with E-state index < -0.39 is 0 Å². The highest BCUT2D eigenvalue weighted by Gasteiger charge is 2.21. The highest BCUT2D eigenvalue weighted by molar-refractivity contribution is 7.13. The van der Waals surface area contributed by atoms with E-state index in [1.165, 1.54) is 18.4 Å². The number of thiazole rings is 1. The molecule has 2 aromatic carbocycles. The quantitative estimate of drug-likeness (QED) is 0.177. The number of carbonyl (C=O) groups is 1. The number of unbranched alkanes of at least 4 members (excludes halogenated alkanes) is 1. The largest absolute Gasteiger partial charge is 0.497 e. The Labute approximate surface area is 241 Å². The molecule has 2 heterocycles. The molecule has 5 nitrogen and oxygen atoms in total. The topological polar surface area (TPSA) is 56.2 Å². The van der Waals surface area contributed by atoms with Crippen molar-refractivity contribution in [3.05, 3.63) is 81.8 Å². The molecule has 1 atom stereocenters. The first-order valence-corrected chi connectivity index (χ1v) is 15.0. The Balaban J connectivity index is 1.63. The van der Waals surface area contributed by atoms with E-state index >= 15 is 0 Å². The third-order valence-electron chi connectivity index (χ3n) is 7.36. The molecule has 2 aromatic heterocycles. The lowest BCUT2D eigenvalue weighted by molar-refractivity contribution is 0.0945. The fraction of sp³-hybridized carbons (Fsp3) is 0.375. The standard InChI is InChI=1S/C32H38ClN3O2S/c1-5-7-10-23(6-2)20-34-31(37)27-19-30(29-21-39-32(35-29)26-11-8-9-12-28(26)33)36(22(27)3)18-17-24-13-15-25(38-4)16-14-24/h8-9,11-16,19,21,23H,5-7,10,17-18,20H2,1-4H3,(H,34,37). The Hall–Kier alpha value is -3.09. The SMILES string of the molecule is CCCCC(CC)CNC(=O)c1cc(-c2csc(-c3ccccc3Cl)n2)n(CCc2ccc(OC)cc2)c1C. The van der Waals surface area contributed by atoms with E-state index in [1.807, 2.05) is 49.4 Å². The number of methoxy groups -OCH3 is 1. The van der Waals surface area contributed by atoms with Crippen molar-refractivity contribution in [3.8, 4) is 27.7 Å². The van der Waals surface area contributed by atoms with Crippen molar-refractivity contribution in [1.82, 2.24) is 14.9 Å². The Morgan fingerprint density at radius 1 is 1.15 bits per heavy atom. The van der Waals surface area contributed by atoms with Gasteiger partial charge in [0.1, 0.15) is 10.8 Å². The molecule has 0 aliphatic heterocycles. The number of carbonyl (C=O) groups excluding carboxylic acids is 1. The monoisotopic (exact) mass is 563 g/mol. The molecule has 0 aliphatic carbocycles. The molecule has 4 aromatic rings. The Bertz CT molecular complexity index is 1380. The molecule has 7 heteroatoms. The fourth-order valence-corrected chi connectivity index (χ4v) is 5.97. The molecule has 0 saturated heterocycles. The van der Waals surface area contributed by atoms with Crippen LogP contribution >= 0.6 is 22.9 Å². The minimum Gasteiger partial charge on any atom is -0.497 e. The lowest BCUT2D eigenvalue weighted by atomic mass is 9.99. The molecule has 1 amide bonds. The van der Waals surface area contributed by atoms with Crippen LogP contribution in [0.3, 0.4) is 0 Å². The van der Waals surface area contributed by atoms with Crippen LogP contribution in [0.25, 0.3) is 22.0 Å². The first kappa shape index (κ1) is 28.9. The summed E-state index contributed by atoms with van der Waals surface area (Å²) in [5.41, 5.74) is 5.57. The van der Waals surface area contributed by atoms with Crippen LogP contribution in [0, 0.1) is 12.8 Å². The average Bonchev–Trinajstić information content (AvgIpc) is 3.57. The summed E-state index contributed by atoms with van der Waals surface area (Å²) in [6.45, 7) is 7.87. The van der Waals surface area contributed by atoms with Gasteiger partial charge in [0.25, 0.3) is 5.91 Å². The summed E-state index contributed by atoms with van der Waals surface area (Å²) in [6, 6.07) is 17.9. The molecule has 0 aliphatic rings. The van der Waals surface area contributed by atoms with Crippen molar-refractivity contribution < 1.29 is 9.53 Å². The maximum absolute atomic E-state index is 13.4. The van der Waals surface area contributed by atoms with Gasteiger partial charge in [-0.25, -0.2) is 4.98 Å². The van der Waals surface area contributed by atoms with Crippen molar-refractivity contribution in [2.24, 2.45) is 5.92 Å². The number of hydrogen-bond acceptors (Lipinski definition) is 4. The molecule has 0 saturated carbocycles. The van der Waals surface area contributed by atoms with E-state index in [0.29, 0.717) is 23.0 Å². The van der Waals surface area contributed by atoms with Crippen LogP contribution in [-0.2, 0) is 13.0 Å². The van der Waals surface area contributed by atoms with Gasteiger partial charge in [0.2, 0.25) is 0 Å². The van der Waals surface area contributed by atoms with E-state index in [2.05, 4.69) is 41.2 Å². The normalized spacial score (nSPS) is 11.9. The molecule has 1 unspecified atom stereocenters. The highest BCUT2D eigenvalue weighted by atomic mass is 35.5. The van der Waals surface area contributed by atoms with E-state index in [0.717, 1.165) is 59.2 Å². The Morgan fingerprint density at radius 3 is 2.62 bits per heavy atom. The van der Waals surface area contributed by atoms with Crippen LogP contribution in [0.4, 0.5) is 0 Å². The summed E-state index contributed by atoms with van der Waals surface area (Å²) >= 11 is 8.02. The summed E-state index contributed by atoms with van der Waals surface area (Å²) in [7, 11) is 1.67. The number of nitrogens with one attached hydrogen (secondary N) is 1. The number of ether oxygens (including phenoxy) is 1. The van der Waals surface area contributed by atoms with Gasteiger partial charge in [-0.15, -0.1) is 11.3 Å². The first-order chi connectivity index (χ1) is 18.9. The van der Waals surface area contributed by atoms with Crippen LogP contribution in [0.1, 0.15) is 61.1 Å². The fourth-order valence-electron chi connectivity index (χ4n) is 4.83. The number of rotatable bonds is 13. The summed E-state index contributed by atoms with van der Waals surface area (Å²) in [4.78, 5) is 18.3. The number of nitrogens with zero attached hydrogens (tertiary/aromatic N) is 2. The first-order valence-electron chi connectivity index (χ1n) is 13.8. The third kappa shape index (κ3) is 7.11. The number of aryl methyl sites for hydroxylation is 1. The van der Waals surface area contributed by atoms with E-state index in [4.69, 9.17) is 21.3 Å². The summed E-state index contributed by atoms with van der Waals surface area (Å²) in [5, 5.41) is 6.81. The number of aromatic nitrogens is 2. The molecular formula is C32H38ClN3O2S. The van der Waals surface area contributed by atoms with Crippen molar-refractivity contribution in [2.75, 3.05) is 13.7 Å². The molecule has 0 spiro atoms. The maximum Gasteiger partial charge on any atom is 0.253 e. The zero-order valence-corrected chi connectivity index (χ0v) is 24.9. The molecular weight excluding hydrogens is 526 g/mol. The van der Waals surface area contributed by atoms with Gasteiger partial charge in [0.05, 0.1) is 29.1 Å². The van der Waals surface area contributed by atoms with Crippen LogP contribution in [0.15, 0.2) is 60.0 Å². The second-order valence-electron chi connectivity index (χ2n) is 9.92. The van der Waals surface area contributed by atoms with Crippen LogP contribution < -0.4 is 10.1 Å². The van der Waals surface area contributed by atoms with E-state index in [1.54, 1.807) is 18.4 Å². The number of amides is 1. The smallest absolute Gasteiger partial charge is 0.253 e. The van der Waals surface area contributed by atoms with Crippen molar-refractivity contribution in [3.63, 3.8) is 0 Å². The molecule has 1 N–H and O–H groups in total. The number of benzene rings is 2. The van der Waals surface area contributed by atoms with Crippen LogP contribution in [0.5, 0.6) is 5.75 Å². The lowest BCUT2D eigenvalue weighted by Gasteiger charge is -2.15. The number of hydrogen-bond donors (Lipinski definition) is 1. The lowest BCUT2D eigenvalue weighted by Crippen LogP contribution is -2.29. The van der Waals surface area contributed by atoms with Gasteiger partial charge in [0.15, 0.2) is 0 Å². The van der Waals surface area contributed by atoms with Crippen molar-refractivity contribution in [1.29, 1.82) is 0 Å². The van der Waals surface area contributed by atoms with Gasteiger partial charge in [-0.3, -0.25) is 4.79 Å². The molecule has 0 radical (unpaired) electrons. The van der Waals surface area contributed by atoms with Crippen molar-refractivity contribution >= 4 is 28.8 Å². The predicted octanol–water partition coefficient (Wildman–Crippen LogP) is 8.44. The van der Waals surface area contributed by atoms with Gasteiger partial charge in [0, 0.05) is 29.7 Å². The maximum atomic E-state index is 13.4. The van der Waals surface area contributed by atoms with Gasteiger partial charge in [-0.1, -0.05) is 75.0 Å². The Kier molecular flexibility index (Phi) is 10.2. The Morgan fingerprint density at radius 2 is 1.92 bits per heavy atom. The van der Waals surface area contributed by atoms with Crippen LogP contribution in [-0.4, -0.2) is 29.1 Å². The molecule has 4 rings (SSSR count). The molecule has 0 fully saturated rings. The summed E-state index contributed by atoms with van der Waals surface area (Å²) < 4.78 is 7.53. The van der Waals surface area contributed by atoms with Gasteiger partial charge in [-0.2, -0.15) is 0 Å². The molecule has 206 valence electrons. The second kappa shape index (κ2) is 13.8. The van der Waals surface area contributed by atoms with Crippen LogP contribution in [0.2, 0.25) is 5.02 Å². The minimum atomic E-state index is -0.0200. The van der Waals surface area contributed by atoms with Gasteiger partial charge >= 0.3 is 0 Å². The van der Waals surface area contributed by atoms with Gasteiger partial charge < -0.3 is 14.6 Å². The number of halogens is 1. The average molecular weight is 564 g/mol. The van der Waals surface area contributed by atoms with Gasteiger partial charge in [-0.05, 0) is 55.5 Å². The molecule has 0 bridgehead atoms. The summed E-state index contributed by atoms with van der Waals surface area (Å²) in [5.74, 6) is 1.32. The van der Waals surface area contributed by atoms with Crippen molar-refractivity contribution in [2.45, 2.75) is 59.4 Å². The zero-order chi connectivity index (χ0) is 27.8. The van der Waals surface area contributed by atoms with E-state index in [9.17, 15) is 4.79 Å². The summed E-state index contributed by atoms with van der Waals surface area (Å²) in [6.07, 6.45) is 5.40. The second-order valence-corrected chi connectivity index (χ2v) is 11.2. The highest BCUT2D eigenvalue weighted by Crippen LogP contribution is 2.34. The third-order valence-corrected chi connectivity index (χ3v) is 8.56. The predicted molar refractivity (Wildman–Crippen MR) is 163 cm³/mol. The van der Waals surface area contributed by atoms with E-state index in [-0.39, 0.29) is 5.91 Å². The zero-order valence-electron chi connectivity index (χ0n) is 23.3. The minimum absolute atomic E-state index is 0.0200. The molecule has 39 heavy (non-hydrogen) atoms.